The van der Waals surface area contributed by atoms with E-state index >= 15 is 0 Å². The molecule has 0 unspecified atom stereocenters. The summed E-state index contributed by atoms with van der Waals surface area (Å²) in [5, 5.41) is 0. The van der Waals surface area contributed by atoms with E-state index in [2.05, 4.69) is 44.2 Å². The molecular formula is C17H21NOS. The number of aryl methyl sites for hydroxylation is 2. The summed E-state index contributed by atoms with van der Waals surface area (Å²) in [5.74, 6) is 2.02. The van der Waals surface area contributed by atoms with E-state index in [1.807, 2.05) is 23.9 Å². The average Bonchev–Trinajstić information content (AvgIpc) is 2.39. The Bertz CT molecular complexity index is 531. The number of benzene rings is 2. The molecule has 2 aromatic rings. The van der Waals surface area contributed by atoms with Crippen LogP contribution in [0.15, 0.2) is 47.4 Å². The number of rotatable bonds is 6. The molecule has 2 N–H and O–H groups in total. The van der Waals surface area contributed by atoms with Crippen molar-refractivity contribution in [2.45, 2.75) is 25.2 Å². The summed E-state index contributed by atoms with van der Waals surface area (Å²) >= 11 is 1.84. The summed E-state index contributed by atoms with van der Waals surface area (Å²) < 4.78 is 5.79. The Morgan fingerprint density at radius 1 is 1.00 bits per heavy atom. The fourth-order valence-electron chi connectivity index (χ4n) is 2.02. The second-order valence-electron chi connectivity index (χ2n) is 4.94. The first-order valence-electron chi connectivity index (χ1n) is 6.83. The minimum atomic E-state index is 0.755. The van der Waals surface area contributed by atoms with Crippen LogP contribution in [0.3, 0.4) is 0 Å². The van der Waals surface area contributed by atoms with Gasteiger partial charge >= 0.3 is 0 Å². The van der Waals surface area contributed by atoms with Gasteiger partial charge in [0.25, 0.3) is 0 Å². The molecule has 0 aliphatic heterocycles. The Morgan fingerprint density at radius 3 is 2.30 bits per heavy atom. The molecule has 0 atom stereocenters. The lowest BCUT2D eigenvalue weighted by Crippen LogP contribution is -1.99. The van der Waals surface area contributed by atoms with E-state index in [4.69, 9.17) is 10.5 Å². The lowest BCUT2D eigenvalue weighted by Gasteiger charge is -2.08. The quantitative estimate of drug-likeness (QED) is 0.484. The molecule has 20 heavy (non-hydrogen) atoms. The van der Waals surface area contributed by atoms with Crippen LogP contribution in [-0.2, 0) is 0 Å². The number of anilines is 1. The van der Waals surface area contributed by atoms with Crippen LogP contribution >= 0.6 is 11.8 Å². The molecule has 0 amide bonds. The number of hydrogen-bond donors (Lipinski definition) is 1. The van der Waals surface area contributed by atoms with Crippen molar-refractivity contribution in [3.05, 3.63) is 53.6 Å². The van der Waals surface area contributed by atoms with Crippen LogP contribution in [0.4, 0.5) is 5.69 Å². The van der Waals surface area contributed by atoms with E-state index in [1.54, 1.807) is 0 Å². The first-order valence-corrected chi connectivity index (χ1v) is 7.81. The SMILES string of the molecule is Cc1cc(C)cc(OCCCSc2ccc(N)cc2)c1. The van der Waals surface area contributed by atoms with Crippen LogP contribution in [0.5, 0.6) is 5.75 Å². The third-order valence-electron chi connectivity index (χ3n) is 2.90. The molecule has 0 aliphatic rings. The maximum Gasteiger partial charge on any atom is 0.119 e. The zero-order chi connectivity index (χ0) is 14.4. The second-order valence-corrected chi connectivity index (χ2v) is 6.11. The number of thioether (sulfide) groups is 1. The zero-order valence-corrected chi connectivity index (χ0v) is 12.9. The maximum atomic E-state index is 5.79. The highest BCUT2D eigenvalue weighted by Crippen LogP contribution is 2.20. The van der Waals surface area contributed by atoms with Crippen LogP contribution < -0.4 is 10.5 Å². The van der Waals surface area contributed by atoms with Crippen molar-refractivity contribution in [1.29, 1.82) is 0 Å². The minimum Gasteiger partial charge on any atom is -0.494 e. The standard InChI is InChI=1S/C17H21NOS/c1-13-10-14(2)12-16(11-13)19-8-3-9-20-17-6-4-15(18)5-7-17/h4-7,10-12H,3,8-9,18H2,1-2H3. The van der Waals surface area contributed by atoms with Crippen molar-refractivity contribution in [2.75, 3.05) is 18.1 Å². The molecule has 0 aromatic heterocycles. The molecular weight excluding hydrogens is 266 g/mol. The molecule has 0 spiro atoms. The minimum absolute atomic E-state index is 0.755. The van der Waals surface area contributed by atoms with Crippen LogP contribution in [-0.4, -0.2) is 12.4 Å². The van der Waals surface area contributed by atoms with Gasteiger partial charge in [0, 0.05) is 16.3 Å². The molecule has 2 rings (SSSR count). The van der Waals surface area contributed by atoms with Crippen molar-refractivity contribution in [2.24, 2.45) is 0 Å². The van der Waals surface area contributed by atoms with Gasteiger partial charge in [0.1, 0.15) is 5.75 Å². The number of ether oxygens (including phenoxy) is 1. The van der Waals surface area contributed by atoms with Gasteiger partial charge in [-0.1, -0.05) is 6.07 Å². The first kappa shape index (κ1) is 14.8. The Hall–Kier alpha value is -1.61. The lowest BCUT2D eigenvalue weighted by atomic mass is 10.1. The van der Waals surface area contributed by atoms with Gasteiger partial charge in [0.15, 0.2) is 0 Å². The Balaban J connectivity index is 1.70. The van der Waals surface area contributed by atoms with Crippen LogP contribution in [0.25, 0.3) is 0 Å². The van der Waals surface area contributed by atoms with E-state index in [0.717, 1.165) is 30.2 Å². The molecule has 0 radical (unpaired) electrons. The van der Waals surface area contributed by atoms with Crippen LogP contribution in [0, 0.1) is 13.8 Å². The second kappa shape index (κ2) is 7.25. The highest BCUT2D eigenvalue weighted by atomic mass is 32.2. The van der Waals surface area contributed by atoms with E-state index in [9.17, 15) is 0 Å². The van der Waals surface area contributed by atoms with Crippen LogP contribution in [0.1, 0.15) is 17.5 Å². The topological polar surface area (TPSA) is 35.2 Å². The van der Waals surface area contributed by atoms with E-state index < -0.39 is 0 Å². The molecule has 0 fully saturated rings. The molecule has 0 heterocycles. The first-order chi connectivity index (χ1) is 9.63. The molecule has 2 aromatic carbocycles. The highest BCUT2D eigenvalue weighted by molar-refractivity contribution is 7.99. The zero-order valence-electron chi connectivity index (χ0n) is 12.1. The van der Waals surface area contributed by atoms with E-state index in [1.165, 1.54) is 16.0 Å². The molecule has 0 saturated heterocycles. The third-order valence-corrected chi connectivity index (χ3v) is 4.00. The normalized spacial score (nSPS) is 10.5. The predicted octanol–water partition coefficient (Wildman–Crippen LogP) is 4.45. The third kappa shape index (κ3) is 4.82. The van der Waals surface area contributed by atoms with E-state index in [-0.39, 0.29) is 0 Å². The maximum absolute atomic E-state index is 5.79. The van der Waals surface area contributed by atoms with Crippen molar-refractivity contribution < 1.29 is 4.74 Å². The summed E-state index contributed by atoms with van der Waals surface area (Å²) in [6.07, 6.45) is 1.03. The summed E-state index contributed by atoms with van der Waals surface area (Å²) in [7, 11) is 0. The Kier molecular flexibility index (Phi) is 5.36. The number of nitrogens with two attached hydrogens (primary N) is 1. The summed E-state index contributed by atoms with van der Waals surface area (Å²) in [4.78, 5) is 1.26. The van der Waals surface area contributed by atoms with Gasteiger partial charge in [-0.15, -0.1) is 11.8 Å². The van der Waals surface area contributed by atoms with Gasteiger partial charge in [-0.2, -0.15) is 0 Å². The van der Waals surface area contributed by atoms with Crippen molar-refractivity contribution in [1.82, 2.24) is 0 Å². The van der Waals surface area contributed by atoms with Crippen LogP contribution in [0.2, 0.25) is 0 Å². The van der Waals surface area contributed by atoms with Gasteiger partial charge < -0.3 is 10.5 Å². The number of hydrogen-bond acceptors (Lipinski definition) is 3. The molecule has 3 heteroatoms. The van der Waals surface area contributed by atoms with Crippen molar-refractivity contribution in [3.8, 4) is 5.75 Å². The van der Waals surface area contributed by atoms with Crippen molar-refractivity contribution in [3.63, 3.8) is 0 Å². The molecule has 0 bridgehead atoms. The molecule has 106 valence electrons. The van der Waals surface area contributed by atoms with Gasteiger partial charge in [-0.3, -0.25) is 0 Å². The summed E-state index contributed by atoms with van der Waals surface area (Å²) in [6, 6.07) is 14.3. The number of nitrogen functional groups attached to an aromatic ring is 1. The largest absolute Gasteiger partial charge is 0.494 e. The monoisotopic (exact) mass is 287 g/mol. The average molecular weight is 287 g/mol. The smallest absolute Gasteiger partial charge is 0.119 e. The summed E-state index contributed by atoms with van der Waals surface area (Å²) in [5.41, 5.74) is 8.97. The van der Waals surface area contributed by atoms with Gasteiger partial charge in [0.2, 0.25) is 0 Å². The fourth-order valence-corrected chi connectivity index (χ4v) is 2.85. The van der Waals surface area contributed by atoms with Gasteiger partial charge in [-0.05, 0) is 67.8 Å². The predicted molar refractivity (Wildman–Crippen MR) is 87.6 cm³/mol. The van der Waals surface area contributed by atoms with Gasteiger partial charge in [-0.25, -0.2) is 0 Å². The van der Waals surface area contributed by atoms with E-state index in [0.29, 0.717) is 0 Å². The Morgan fingerprint density at radius 2 is 1.65 bits per heavy atom. The Labute approximate surface area is 125 Å². The molecule has 0 aliphatic carbocycles. The highest BCUT2D eigenvalue weighted by Gasteiger charge is 1.98. The van der Waals surface area contributed by atoms with Gasteiger partial charge in [0.05, 0.1) is 6.61 Å². The fraction of sp³-hybridized carbons (Fsp3) is 0.294. The summed E-state index contributed by atoms with van der Waals surface area (Å²) in [6.45, 7) is 4.94. The molecule has 0 saturated carbocycles. The molecule has 2 nitrogen and oxygen atoms in total. The lowest BCUT2D eigenvalue weighted by molar-refractivity contribution is 0.318. The van der Waals surface area contributed by atoms with Crippen molar-refractivity contribution >= 4 is 17.4 Å².